The van der Waals surface area contributed by atoms with Crippen LogP contribution in [-0.4, -0.2) is 73.7 Å². The van der Waals surface area contributed by atoms with Gasteiger partial charge in [0.15, 0.2) is 0 Å². The third kappa shape index (κ3) is 11.1. The number of rotatable bonds is 13. The molecule has 9 nitrogen and oxygen atoms in total. The Morgan fingerprint density at radius 2 is 1.81 bits per heavy atom. The number of aryl methyl sites for hydroxylation is 1. The number of benzene rings is 1. The minimum Gasteiger partial charge on any atom is -0.550 e. The van der Waals surface area contributed by atoms with Crippen LogP contribution >= 0.6 is 11.8 Å². The Hall–Kier alpha value is -2.59. The lowest BCUT2D eigenvalue weighted by Crippen LogP contribution is -2.51. The molecular weight excluding hydrogens is 436 g/mol. The topological polar surface area (TPSA) is 122 Å². The van der Waals surface area contributed by atoms with Gasteiger partial charge in [-0.25, -0.2) is 4.48 Å². The van der Waals surface area contributed by atoms with Gasteiger partial charge in [-0.05, 0) is 30.5 Å². The quantitative estimate of drug-likeness (QED) is 0.198. The van der Waals surface area contributed by atoms with Crippen molar-refractivity contribution in [3.8, 4) is 5.75 Å². The number of amides is 2. The number of carbonyl (C=O) groups is 4. The number of nitrogens with one attached hydrogen (secondary N) is 1. The summed E-state index contributed by atoms with van der Waals surface area (Å²) >= 11 is 1.32. The first-order chi connectivity index (χ1) is 15.0. The average Bonchev–Trinajstić information content (AvgIpc) is 2.70. The number of esters is 1. The fourth-order valence-electron chi connectivity index (χ4n) is 2.94. The van der Waals surface area contributed by atoms with Crippen LogP contribution < -0.4 is 15.2 Å². The van der Waals surface area contributed by atoms with Crippen LogP contribution in [0.15, 0.2) is 24.3 Å². The van der Waals surface area contributed by atoms with Crippen molar-refractivity contribution in [2.45, 2.75) is 37.9 Å². The van der Waals surface area contributed by atoms with E-state index in [2.05, 4.69) is 10.1 Å². The number of carboxylic acid groups (broad SMARTS) is 1. The molecular formula is C22H32N2O7S. The van der Waals surface area contributed by atoms with E-state index < -0.39 is 23.3 Å². The van der Waals surface area contributed by atoms with E-state index >= 15 is 0 Å². The van der Waals surface area contributed by atoms with E-state index in [0.717, 1.165) is 24.7 Å². The number of methoxy groups -OCH3 is 1. The first-order valence-corrected chi connectivity index (χ1v) is 11.4. The Balaban J connectivity index is 2.37. The van der Waals surface area contributed by atoms with Crippen molar-refractivity contribution in [1.29, 1.82) is 0 Å². The molecule has 1 rings (SSSR count). The Morgan fingerprint density at radius 3 is 2.38 bits per heavy atom. The summed E-state index contributed by atoms with van der Waals surface area (Å²) in [4.78, 5) is 46.2. The maximum Gasteiger partial charge on any atom is 0.523 e. The summed E-state index contributed by atoms with van der Waals surface area (Å²) in [5.41, 5.74) is 1.13. The Labute approximate surface area is 193 Å². The maximum atomic E-state index is 12.0. The van der Waals surface area contributed by atoms with E-state index in [1.54, 1.807) is 21.2 Å². The lowest BCUT2D eigenvalue weighted by molar-refractivity contribution is -0.815. The molecule has 0 aliphatic rings. The molecule has 1 aromatic rings. The Morgan fingerprint density at radius 1 is 1.16 bits per heavy atom. The van der Waals surface area contributed by atoms with E-state index in [1.165, 1.54) is 11.8 Å². The van der Waals surface area contributed by atoms with Crippen molar-refractivity contribution < 1.29 is 38.2 Å². The van der Waals surface area contributed by atoms with Gasteiger partial charge in [-0.2, -0.15) is 16.6 Å². The van der Waals surface area contributed by atoms with Gasteiger partial charge in [-0.15, -0.1) is 0 Å². The summed E-state index contributed by atoms with van der Waals surface area (Å²) in [5, 5.41) is 13.5. The molecule has 10 heteroatoms. The molecule has 0 saturated carbocycles. The molecule has 0 heterocycles. The molecule has 0 bridgehead atoms. The monoisotopic (exact) mass is 468 g/mol. The zero-order valence-corrected chi connectivity index (χ0v) is 19.9. The number of carbonyl (C=O) groups excluding carboxylic acids is 4. The highest BCUT2D eigenvalue weighted by atomic mass is 32.2. The van der Waals surface area contributed by atoms with Crippen molar-refractivity contribution in [3.63, 3.8) is 0 Å². The molecule has 1 N–H and O–H groups in total. The van der Waals surface area contributed by atoms with Gasteiger partial charge >= 0.3 is 12.1 Å². The molecule has 1 unspecified atom stereocenters. The first-order valence-electron chi connectivity index (χ1n) is 10.3. The van der Waals surface area contributed by atoms with Crippen LogP contribution in [-0.2, 0) is 25.5 Å². The summed E-state index contributed by atoms with van der Waals surface area (Å²) in [6.45, 7) is 1.65. The second-order valence-electron chi connectivity index (χ2n) is 7.85. The maximum absolute atomic E-state index is 12.0. The van der Waals surface area contributed by atoms with Gasteiger partial charge in [0.25, 0.3) is 0 Å². The number of ether oxygens (including phenoxy) is 2. The summed E-state index contributed by atoms with van der Waals surface area (Å²) in [5.74, 6) is -0.759. The highest BCUT2D eigenvalue weighted by molar-refractivity contribution is 7.99. The molecule has 0 spiro atoms. The molecule has 1 aromatic carbocycles. The lowest BCUT2D eigenvalue weighted by atomic mass is 10.1. The van der Waals surface area contributed by atoms with Gasteiger partial charge in [-0.3, -0.25) is 9.59 Å². The van der Waals surface area contributed by atoms with Crippen LogP contribution in [0.2, 0.25) is 0 Å². The van der Waals surface area contributed by atoms with Crippen LogP contribution in [0.25, 0.3) is 0 Å². The van der Waals surface area contributed by atoms with Crippen molar-refractivity contribution >= 4 is 35.7 Å². The van der Waals surface area contributed by atoms with Gasteiger partial charge < -0.3 is 24.7 Å². The SMILES string of the molecule is COc1ccc(CCCC(=O)NCCSC(CC(=O)[O-])C[N+](C)(C)C(=O)OC(C)=O)cc1. The number of hydrogen-bond acceptors (Lipinski definition) is 8. The zero-order valence-electron chi connectivity index (χ0n) is 19.0. The minimum atomic E-state index is -1.23. The fraction of sp³-hybridized carbons (Fsp3) is 0.545. The van der Waals surface area contributed by atoms with E-state index in [0.29, 0.717) is 25.1 Å². The molecule has 178 valence electrons. The molecule has 1 atom stereocenters. The predicted molar refractivity (Wildman–Crippen MR) is 119 cm³/mol. The van der Waals surface area contributed by atoms with Gasteiger partial charge in [0.1, 0.15) is 12.3 Å². The van der Waals surface area contributed by atoms with Crippen LogP contribution in [0.4, 0.5) is 4.79 Å². The van der Waals surface area contributed by atoms with Crippen LogP contribution in [0.5, 0.6) is 5.75 Å². The molecule has 0 aliphatic heterocycles. The third-order valence-corrected chi connectivity index (χ3v) is 5.81. The minimum absolute atomic E-state index is 0.0725. The number of thioether (sulfide) groups is 1. The third-order valence-electron chi connectivity index (χ3n) is 4.59. The molecule has 0 radical (unpaired) electrons. The Kier molecular flexibility index (Phi) is 11.8. The van der Waals surface area contributed by atoms with Crippen LogP contribution in [0, 0.1) is 0 Å². The molecule has 0 aromatic heterocycles. The van der Waals surface area contributed by atoms with Crippen LogP contribution in [0.3, 0.4) is 0 Å². The summed E-state index contributed by atoms with van der Waals surface area (Å²) < 4.78 is 9.43. The smallest absolute Gasteiger partial charge is 0.523 e. The Bertz CT molecular complexity index is 781. The van der Waals surface area contributed by atoms with Crippen molar-refractivity contribution in [1.82, 2.24) is 5.32 Å². The van der Waals surface area contributed by atoms with E-state index in [-0.39, 0.29) is 23.4 Å². The summed E-state index contributed by atoms with van der Waals surface area (Å²) in [7, 11) is 4.69. The molecule has 0 aliphatic carbocycles. The number of quaternary nitrogens is 1. The predicted octanol–water partition coefficient (Wildman–Crippen LogP) is 1.14. The van der Waals surface area contributed by atoms with Gasteiger partial charge in [0.05, 0.1) is 26.5 Å². The number of nitrogens with zero attached hydrogens (tertiary/aromatic N) is 1. The summed E-state index contributed by atoms with van der Waals surface area (Å²) in [6.07, 6.45) is 0.868. The molecule has 2 amide bonds. The van der Waals surface area contributed by atoms with Crippen molar-refractivity contribution in [3.05, 3.63) is 29.8 Å². The van der Waals surface area contributed by atoms with Gasteiger partial charge in [0.2, 0.25) is 5.91 Å². The van der Waals surface area contributed by atoms with Gasteiger partial charge in [0, 0.05) is 38.0 Å². The van der Waals surface area contributed by atoms with E-state index in [4.69, 9.17) is 4.74 Å². The van der Waals surface area contributed by atoms with E-state index in [1.807, 2.05) is 24.3 Å². The number of hydrogen-bond donors (Lipinski definition) is 1. The van der Waals surface area contributed by atoms with Crippen molar-refractivity contribution in [2.75, 3.05) is 40.0 Å². The summed E-state index contributed by atoms with van der Waals surface area (Å²) in [6, 6.07) is 7.71. The normalized spacial score (nSPS) is 12.0. The second-order valence-corrected chi connectivity index (χ2v) is 9.26. The lowest BCUT2D eigenvalue weighted by Gasteiger charge is -2.29. The molecule has 32 heavy (non-hydrogen) atoms. The molecule has 0 saturated heterocycles. The van der Waals surface area contributed by atoms with Gasteiger partial charge in [-0.1, -0.05) is 12.1 Å². The highest BCUT2D eigenvalue weighted by Gasteiger charge is 2.33. The zero-order chi connectivity index (χ0) is 24.1. The number of aliphatic carboxylic acids is 1. The van der Waals surface area contributed by atoms with Crippen LogP contribution in [0.1, 0.15) is 31.7 Å². The van der Waals surface area contributed by atoms with Crippen molar-refractivity contribution in [2.24, 2.45) is 0 Å². The standard InChI is InChI=1S/C22H32N2O7S/c1-16(25)31-22(29)24(2,3)15-19(14-21(27)28)32-13-12-23-20(26)7-5-6-17-8-10-18(30-4)11-9-17/h8-11,19H,5-7,12-15H2,1-4H3,(H-,23,26,27,28). The second kappa shape index (κ2) is 13.7. The highest BCUT2D eigenvalue weighted by Crippen LogP contribution is 2.19. The van der Waals surface area contributed by atoms with E-state index in [9.17, 15) is 24.3 Å². The molecule has 0 fully saturated rings. The average molecular weight is 469 g/mol. The largest absolute Gasteiger partial charge is 0.550 e. The first kappa shape index (κ1) is 27.4. The fourth-order valence-corrected chi connectivity index (χ4v) is 4.23. The number of carboxylic acids is 1.